The fourth-order valence-electron chi connectivity index (χ4n) is 2.96. The standard InChI is InChI=1S/C14H20ClNO/c1-9-8-11(17-3)12(10(2)13(9)15)14(16)6-4-5-7-14/h8H,4-7,16H2,1-3H3. The third kappa shape index (κ3) is 2.04. The number of methoxy groups -OCH3 is 1. The van der Waals surface area contributed by atoms with Crippen molar-refractivity contribution in [3.05, 3.63) is 27.8 Å². The van der Waals surface area contributed by atoms with Gasteiger partial charge in [0.25, 0.3) is 0 Å². The molecule has 1 aliphatic carbocycles. The second kappa shape index (κ2) is 4.51. The van der Waals surface area contributed by atoms with Gasteiger partial charge in [0.2, 0.25) is 0 Å². The average molecular weight is 254 g/mol. The summed E-state index contributed by atoms with van der Waals surface area (Å²) < 4.78 is 5.50. The van der Waals surface area contributed by atoms with Crippen molar-refractivity contribution in [3.8, 4) is 5.75 Å². The Bertz CT molecular complexity index is 436. The Morgan fingerprint density at radius 3 is 2.41 bits per heavy atom. The summed E-state index contributed by atoms with van der Waals surface area (Å²) >= 11 is 6.34. The zero-order valence-corrected chi connectivity index (χ0v) is 11.5. The van der Waals surface area contributed by atoms with Gasteiger partial charge in [0.15, 0.2) is 0 Å². The predicted molar refractivity (Wildman–Crippen MR) is 71.8 cm³/mol. The summed E-state index contributed by atoms with van der Waals surface area (Å²) in [6.07, 6.45) is 4.41. The largest absolute Gasteiger partial charge is 0.496 e. The van der Waals surface area contributed by atoms with Crippen LogP contribution in [-0.4, -0.2) is 7.11 Å². The second-order valence-corrected chi connectivity index (χ2v) is 5.45. The lowest BCUT2D eigenvalue weighted by Gasteiger charge is -2.29. The number of ether oxygens (including phenoxy) is 1. The topological polar surface area (TPSA) is 35.2 Å². The lowest BCUT2D eigenvalue weighted by molar-refractivity contribution is 0.377. The van der Waals surface area contributed by atoms with Crippen LogP contribution >= 0.6 is 11.6 Å². The van der Waals surface area contributed by atoms with Crippen molar-refractivity contribution in [1.29, 1.82) is 0 Å². The molecule has 2 nitrogen and oxygen atoms in total. The highest BCUT2D eigenvalue weighted by Gasteiger charge is 2.36. The van der Waals surface area contributed by atoms with Crippen LogP contribution < -0.4 is 10.5 Å². The van der Waals surface area contributed by atoms with E-state index in [4.69, 9.17) is 22.1 Å². The normalized spacial score (nSPS) is 18.4. The molecule has 0 radical (unpaired) electrons. The van der Waals surface area contributed by atoms with Crippen LogP contribution in [0.4, 0.5) is 0 Å². The first-order chi connectivity index (χ1) is 7.99. The third-order valence-corrected chi connectivity index (χ3v) is 4.44. The molecular weight excluding hydrogens is 234 g/mol. The summed E-state index contributed by atoms with van der Waals surface area (Å²) in [5.74, 6) is 0.883. The van der Waals surface area contributed by atoms with Crippen LogP contribution in [0.3, 0.4) is 0 Å². The van der Waals surface area contributed by atoms with E-state index >= 15 is 0 Å². The second-order valence-electron chi connectivity index (χ2n) is 5.07. The summed E-state index contributed by atoms with van der Waals surface area (Å²) in [4.78, 5) is 0. The Kier molecular flexibility index (Phi) is 3.37. The van der Waals surface area contributed by atoms with Gasteiger partial charge in [-0.3, -0.25) is 0 Å². The van der Waals surface area contributed by atoms with E-state index in [2.05, 4.69) is 0 Å². The maximum Gasteiger partial charge on any atom is 0.124 e. The van der Waals surface area contributed by atoms with Gasteiger partial charge in [-0.05, 0) is 43.9 Å². The van der Waals surface area contributed by atoms with Crippen LogP contribution in [0, 0.1) is 13.8 Å². The Morgan fingerprint density at radius 2 is 1.88 bits per heavy atom. The van der Waals surface area contributed by atoms with Crippen LogP contribution in [0.25, 0.3) is 0 Å². The van der Waals surface area contributed by atoms with Crippen LogP contribution in [0.5, 0.6) is 5.75 Å². The first-order valence-electron chi connectivity index (χ1n) is 6.12. The Balaban J connectivity index is 2.62. The highest BCUT2D eigenvalue weighted by Crippen LogP contribution is 2.44. The molecule has 94 valence electrons. The van der Waals surface area contributed by atoms with Crippen molar-refractivity contribution >= 4 is 11.6 Å². The van der Waals surface area contributed by atoms with E-state index in [1.165, 1.54) is 12.8 Å². The first-order valence-corrected chi connectivity index (χ1v) is 6.50. The molecule has 1 fully saturated rings. The molecule has 0 heterocycles. The van der Waals surface area contributed by atoms with E-state index < -0.39 is 0 Å². The van der Waals surface area contributed by atoms with Gasteiger partial charge in [-0.2, -0.15) is 0 Å². The molecule has 0 amide bonds. The molecule has 1 aromatic rings. The SMILES string of the molecule is COc1cc(C)c(Cl)c(C)c1C1(N)CCCC1. The molecule has 0 atom stereocenters. The number of benzene rings is 1. The lowest BCUT2D eigenvalue weighted by atomic mass is 9.84. The van der Waals surface area contributed by atoms with Crippen molar-refractivity contribution in [2.24, 2.45) is 5.73 Å². The number of nitrogens with two attached hydrogens (primary N) is 1. The summed E-state index contributed by atoms with van der Waals surface area (Å²) in [6.45, 7) is 4.04. The summed E-state index contributed by atoms with van der Waals surface area (Å²) in [7, 11) is 1.70. The van der Waals surface area contributed by atoms with Gasteiger partial charge in [-0.1, -0.05) is 24.4 Å². The van der Waals surface area contributed by atoms with Crippen molar-refractivity contribution in [3.63, 3.8) is 0 Å². The van der Waals surface area contributed by atoms with E-state index in [9.17, 15) is 0 Å². The lowest BCUT2D eigenvalue weighted by Crippen LogP contribution is -2.34. The number of aryl methyl sites for hydroxylation is 1. The molecule has 3 heteroatoms. The molecule has 0 aliphatic heterocycles. The van der Waals surface area contributed by atoms with Crippen molar-refractivity contribution in [1.82, 2.24) is 0 Å². The van der Waals surface area contributed by atoms with Gasteiger partial charge in [0.05, 0.1) is 7.11 Å². The predicted octanol–water partition coefficient (Wildman–Crippen LogP) is 3.69. The monoisotopic (exact) mass is 253 g/mol. The molecule has 0 saturated heterocycles. The van der Waals surface area contributed by atoms with E-state index in [-0.39, 0.29) is 5.54 Å². The van der Waals surface area contributed by atoms with Crippen LogP contribution in [0.15, 0.2) is 6.07 Å². The van der Waals surface area contributed by atoms with Crippen LogP contribution in [-0.2, 0) is 5.54 Å². The van der Waals surface area contributed by atoms with E-state index in [0.29, 0.717) is 0 Å². The van der Waals surface area contributed by atoms with Crippen LogP contribution in [0.2, 0.25) is 5.02 Å². The molecule has 1 saturated carbocycles. The van der Waals surface area contributed by atoms with Gasteiger partial charge in [0.1, 0.15) is 5.75 Å². The zero-order chi connectivity index (χ0) is 12.6. The maximum absolute atomic E-state index is 6.54. The molecule has 17 heavy (non-hydrogen) atoms. The average Bonchev–Trinajstić information content (AvgIpc) is 2.72. The fraction of sp³-hybridized carbons (Fsp3) is 0.571. The molecule has 0 bridgehead atoms. The van der Waals surface area contributed by atoms with Crippen molar-refractivity contribution in [2.75, 3.05) is 7.11 Å². The molecule has 0 spiro atoms. The van der Waals surface area contributed by atoms with Gasteiger partial charge < -0.3 is 10.5 Å². The number of hydrogen-bond donors (Lipinski definition) is 1. The smallest absolute Gasteiger partial charge is 0.124 e. The molecule has 1 aliphatic rings. The summed E-state index contributed by atoms with van der Waals surface area (Å²) in [6, 6.07) is 2.00. The quantitative estimate of drug-likeness (QED) is 0.872. The van der Waals surface area contributed by atoms with E-state index in [1.807, 2.05) is 19.9 Å². The van der Waals surface area contributed by atoms with Gasteiger partial charge in [0, 0.05) is 16.1 Å². The van der Waals surface area contributed by atoms with Crippen molar-refractivity contribution < 1.29 is 4.74 Å². The fourth-order valence-corrected chi connectivity index (χ4v) is 3.11. The van der Waals surface area contributed by atoms with Gasteiger partial charge in [-0.15, -0.1) is 0 Å². The first kappa shape index (κ1) is 12.7. The van der Waals surface area contributed by atoms with E-state index in [1.54, 1.807) is 7.11 Å². The molecular formula is C14H20ClNO. The summed E-state index contributed by atoms with van der Waals surface area (Å²) in [5.41, 5.74) is 9.51. The molecule has 2 rings (SSSR count). The third-order valence-electron chi connectivity index (χ3n) is 3.86. The van der Waals surface area contributed by atoms with Crippen LogP contribution in [0.1, 0.15) is 42.4 Å². The Labute approximate surface area is 108 Å². The number of halogens is 1. The Hall–Kier alpha value is -0.730. The minimum atomic E-state index is -0.257. The minimum Gasteiger partial charge on any atom is -0.496 e. The molecule has 2 N–H and O–H groups in total. The molecule has 0 unspecified atom stereocenters. The minimum absolute atomic E-state index is 0.257. The highest BCUT2D eigenvalue weighted by atomic mass is 35.5. The van der Waals surface area contributed by atoms with E-state index in [0.717, 1.165) is 40.3 Å². The number of hydrogen-bond acceptors (Lipinski definition) is 2. The summed E-state index contributed by atoms with van der Waals surface area (Å²) in [5, 5.41) is 0.817. The number of rotatable bonds is 2. The maximum atomic E-state index is 6.54. The highest BCUT2D eigenvalue weighted by molar-refractivity contribution is 6.32. The Morgan fingerprint density at radius 1 is 1.29 bits per heavy atom. The van der Waals surface area contributed by atoms with Crippen molar-refractivity contribution in [2.45, 2.75) is 45.1 Å². The van der Waals surface area contributed by atoms with Gasteiger partial charge in [-0.25, -0.2) is 0 Å². The molecule has 1 aromatic carbocycles. The zero-order valence-electron chi connectivity index (χ0n) is 10.8. The van der Waals surface area contributed by atoms with Gasteiger partial charge >= 0.3 is 0 Å². The molecule has 0 aromatic heterocycles.